The number of carbonyl (C=O) groups excluding carboxylic acids is 1. The van der Waals surface area contributed by atoms with Gasteiger partial charge in [-0.05, 0) is 37.0 Å². The molecule has 18 heavy (non-hydrogen) atoms. The molecule has 0 aromatic carbocycles. The summed E-state index contributed by atoms with van der Waals surface area (Å²) < 4.78 is 0. The lowest BCUT2D eigenvalue weighted by Crippen LogP contribution is -2.44. The van der Waals surface area contributed by atoms with Gasteiger partial charge in [0.15, 0.2) is 0 Å². The summed E-state index contributed by atoms with van der Waals surface area (Å²) in [6.45, 7) is 7.29. The number of halogens is 1. The zero-order chi connectivity index (χ0) is 12.9. The second kappa shape index (κ2) is 8.00. The van der Waals surface area contributed by atoms with Crippen molar-refractivity contribution in [2.45, 2.75) is 65.3 Å². The molecule has 0 aromatic rings. The molecular weight excluding hydrogens is 248 g/mol. The molecule has 0 saturated heterocycles. The fourth-order valence-electron chi connectivity index (χ4n) is 3.04. The number of rotatable bonds is 6. The molecule has 0 bridgehead atoms. The van der Waals surface area contributed by atoms with Crippen LogP contribution in [0.5, 0.6) is 0 Å². The van der Waals surface area contributed by atoms with Crippen LogP contribution in [0.2, 0.25) is 0 Å². The normalized spacial score (nSPS) is 19.4. The predicted octanol–water partition coefficient (Wildman–Crippen LogP) is 2.87. The number of nitrogens with two attached hydrogens (primary N) is 1. The van der Waals surface area contributed by atoms with Crippen LogP contribution in [0.25, 0.3) is 0 Å². The lowest BCUT2D eigenvalue weighted by molar-refractivity contribution is -0.123. The van der Waals surface area contributed by atoms with Gasteiger partial charge in [-0.25, -0.2) is 0 Å². The number of amides is 1. The third-order valence-electron chi connectivity index (χ3n) is 3.92. The Morgan fingerprint density at radius 2 is 1.89 bits per heavy atom. The first-order valence-electron chi connectivity index (χ1n) is 7.02. The first-order valence-corrected chi connectivity index (χ1v) is 7.02. The molecule has 0 aromatic heterocycles. The van der Waals surface area contributed by atoms with Crippen molar-refractivity contribution in [1.29, 1.82) is 0 Å². The molecule has 0 spiro atoms. The summed E-state index contributed by atoms with van der Waals surface area (Å²) in [5.41, 5.74) is 6.08. The minimum absolute atomic E-state index is 0. The molecule has 0 heterocycles. The molecule has 0 unspecified atom stereocenters. The molecule has 3 nitrogen and oxygen atoms in total. The molecule has 1 amide bonds. The van der Waals surface area contributed by atoms with E-state index in [4.69, 9.17) is 5.73 Å². The molecule has 1 atom stereocenters. The second-order valence-corrected chi connectivity index (χ2v) is 6.04. The molecule has 1 rings (SSSR count). The Morgan fingerprint density at radius 3 is 2.33 bits per heavy atom. The van der Waals surface area contributed by atoms with E-state index in [0.717, 1.165) is 6.54 Å². The molecule has 1 saturated carbocycles. The predicted molar refractivity (Wildman–Crippen MR) is 78.9 cm³/mol. The third kappa shape index (κ3) is 5.15. The van der Waals surface area contributed by atoms with Gasteiger partial charge in [-0.2, -0.15) is 0 Å². The highest BCUT2D eigenvalue weighted by atomic mass is 35.5. The van der Waals surface area contributed by atoms with Crippen LogP contribution >= 0.6 is 12.4 Å². The van der Waals surface area contributed by atoms with Gasteiger partial charge >= 0.3 is 0 Å². The monoisotopic (exact) mass is 276 g/mol. The van der Waals surface area contributed by atoms with Gasteiger partial charge in [-0.1, -0.05) is 33.6 Å². The molecular formula is C14H29ClN2O. The van der Waals surface area contributed by atoms with E-state index in [0.29, 0.717) is 17.8 Å². The Morgan fingerprint density at radius 1 is 1.33 bits per heavy atom. The quantitative estimate of drug-likeness (QED) is 0.784. The third-order valence-corrected chi connectivity index (χ3v) is 3.92. The minimum atomic E-state index is -0.340. The summed E-state index contributed by atoms with van der Waals surface area (Å²) in [6.07, 6.45) is 7.06. The van der Waals surface area contributed by atoms with Crippen molar-refractivity contribution in [3.63, 3.8) is 0 Å². The average molecular weight is 277 g/mol. The Balaban J connectivity index is 0.00000289. The van der Waals surface area contributed by atoms with Crippen molar-refractivity contribution >= 4 is 18.3 Å². The SMILES string of the molecule is CC[C@H](N)C(=O)NCC1(CC(C)C)CCCC1.Cl. The molecule has 0 radical (unpaired) electrons. The van der Waals surface area contributed by atoms with Crippen LogP contribution in [-0.4, -0.2) is 18.5 Å². The molecule has 1 fully saturated rings. The van der Waals surface area contributed by atoms with Crippen molar-refractivity contribution in [2.75, 3.05) is 6.54 Å². The molecule has 1 aliphatic rings. The number of hydrogen-bond donors (Lipinski definition) is 2. The van der Waals surface area contributed by atoms with Gasteiger partial charge in [0, 0.05) is 6.54 Å². The summed E-state index contributed by atoms with van der Waals surface area (Å²) >= 11 is 0. The van der Waals surface area contributed by atoms with Crippen molar-refractivity contribution in [1.82, 2.24) is 5.32 Å². The van der Waals surface area contributed by atoms with Crippen LogP contribution in [0, 0.1) is 11.3 Å². The zero-order valence-electron chi connectivity index (χ0n) is 12.0. The van der Waals surface area contributed by atoms with Gasteiger partial charge in [-0.15, -0.1) is 12.4 Å². The highest BCUT2D eigenvalue weighted by Crippen LogP contribution is 2.42. The summed E-state index contributed by atoms with van der Waals surface area (Å²) in [4.78, 5) is 11.7. The van der Waals surface area contributed by atoms with E-state index in [1.165, 1.54) is 32.1 Å². The van der Waals surface area contributed by atoms with Gasteiger partial charge in [0.25, 0.3) is 0 Å². The summed E-state index contributed by atoms with van der Waals surface area (Å²) in [5, 5.41) is 3.06. The Kier molecular flexibility index (Phi) is 7.88. The summed E-state index contributed by atoms with van der Waals surface area (Å²) in [6, 6.07) is -0.340. The van der Waals surface area contributed by atoms with Crippen molar-refractivity contribution in [3.05, 3.63) is 0 Å². The maximum atomic E-state index is 11.7. The van der Waals surface area contributed by atoms with Crippen LogP contribution in [0.3, 0.4) is 0 Å². The van der Waals surface area contributed by atoms with E-state index in [9.17, 15) is 4.79 Å². The maximum absolute atomic E-state index is 11.7. The first-order chi connectivity index (χ1) is 7.99. The van der Waals surface area contributed by atoms with E-state index in [1.807, 2.05) is 6.92 Å². The number of nitrogens with one attached hydrogen (secondary N) is 1. The first kappa shape index (κ1) is 17.7. The van der Waals surface area contributed by atoms with E-state index >= 15 is 0 Å². The Labute approximate surface area is 118 Å². The van der Waals surface area contributed by atoms with Crippen LogP contribution < -0.4 is 11.1 Å². The summed E-state index contributed by atoms with van der Waals surface area (Å²) in [7, 11) is 0. The molecule has 4 heteroatoms. The summed E-state index contributed by atoms with van der Waals surface area (Å²) in [5.74, 6) is 0.715. The van der Waals surface area contributed by atoms with Gasteiger partial charge < -0.3 is 11.1 Å². The zero-order valence-corrected chi connectivity index (χ0v) is 12.8. The van der Waals surface area contributed by atoms with Crippen LogP contribution in [-0.2, 0) is 4.79 Å². The molecule has 108 valence electrons. The second-order valence-electron chi connectivity index (χ2n) is 6.04. The fourth-order valence-corrected chi connectivity index (χ4v) is 3.04. The average Bonchev–Trinajstić information content (AvgIpc) is 2.73. The smallest absolute Gasteiger partial charge is 0.236 e. The number of hydrogen-bond acceptors (Lipinski definition) is 2. The van der Waals surface area contributed by atoms with Crippen LogP contribution in [0.4, 0.5) is 0 Å². The highest BCUT2D eigenvalue weighted by Gasteiger charge is 2.34. The Hall–Kier alpha value is -0.280. The lowest BCUT2D eigenvalue weighted by Gasteiger charge is -2.31. The van der Waals surface area contributed by atoms with E-state index in [1.54, 1.807) is 0 Å². The van der Waals surface area contributed by atoms with E-state index in [2.05, 4.69) is 19.2 Å². The van der Waals surface area contributed by atoms with Crippen molar-refractivity contribution in [2.24, 2.45) is 17.1 Å². The highest BCUT2D eigenvalue weighted by molar-refractivity contribution is 5.85. The standard InChI is InChI=1S/C14H28N2O.ClH/c1-4-12(15)13(17)16-10-14(9-11(2)3)7-5-6-8-14;/h11-12H,4-10,15H2,1-3H3,(H,16,17);1H/t12-;/m0./s1. The van der Waals surface area contributed by atoms with Crippen LogP contribution in [0.15, 0.2) is 0 Å². The van der Waals surface area contributed by atoms with Crippen molar-refractivity contribution < 1.29 is 4.79 Å². The van der Waals surface area contributed by atoms with Gasteiger partial charge in [-0.3, -0.25) is 4.79 Å². The Bertz CT molecular complexity index is 250. The van der Waals surface area contributed by atoms with Gasteiger partial charge in [0.1, 0.15) is 0 Å². The van der Waals surface area contributed by atoms with Crippen molar-refractivity contribution in [3.8, 4) is 0 Å². The minimum Gasteiger partial charge on any atom is -0.354 e. The maximum Gasteiger partial charge on any atom is 0.236 e. The van der Waals surface area contributed by atoms with E-state index < -0.39 is 0 Å². The van der Waals surface area contributed by atoms with Gasteiger partial charge in [0.2, 0.25) is 5.91 Å². The molecule has 3 N–H and O–H groups in total. The topological polar surface area (TPSA) is 55.1 Å². The fraction of sp³-hybridized carbons (Fsp3) is 0.929. The largest absolute Gasteiger partial charge is 0.354 e. The molecule has 1 aliphatic carbocycles. The lowest BCUT2D eigenvalue weighted by atomic mass is 9.78. The van der Waals surface area contributed by atoms with Crippen LogP contribution in [0.1, 0.15) is 59.3 Å². The van der Waals surface area contributed by atoms with Gasteiger partial charge in [0.05, 0.1) is 6.04 Å². The van der Waals surface area contributed by atoms with E-state index in [-0.39, 0.29) is 24.4 Å². The molecule has 0 aliphatic heterocycles. The number of carbonyl (C=O) groups is 1.